The molecule has 0 unspecified atom stereocenters. The van der Waals surface area contributed by atoms with Gasteiger partial charge in [0.05, 0.1) is 5.56 Å². The summed E-state index contributed by atoms with van der Waals surface area (Å²) in [5.41, 5.74) is 3.30. The number of ether oxygens (including phenoxy) is 2. The molecule has 1 aliphatic rings. The molecule has 0 aromatic heterocycles. The molecule has 0 radical (unpaired) electrons. The van der Waals surface area contributed by atoms with E-state index in [0.29, 0.717) is 28.7 Å². The van der Waals surface area contributed by atoms with Gasteiger partial charge in [0.15, 0.2) is 5.76 Å². The summed E-state index contributed by atoms with van der Waals surface area (Å²) in [5, 5.41) is 0.611. The Labute approximate surface area is 162 Å². The molecule has 4 rings (SSSR count). The number of halogens is 1. The third kappa shape index (κ3) is 3.74. The standard InChI is InChI=1S/C23H17ClO3/c1-15-10-19(26-14-16-6-3-2-4-7-16)13-20-22(15)23(25)21(27-20)12-17-8-5-9-18(24)11-17/h2-13H,14H2,1H3/b21-12-. The molecular weight excluding hydrogens is 360 g/mol. The maximum Gasteiger partial charge on any atom is 0.232 e. The molecule has 0 saturated carbocycles. The predicted octanol–water partition coefficient (Wildman–Crippen LogP) is 5.84. The maximum atomic E-state index is 12.7. The number of Topliss-reactive ketones (excluding diaryl/α,β-unsaturated/α-hetero) is 1. The minimum absolute atomic E-state index is 0.128. The summed E-state index contributed by atoms with van der Waals surface area (Å²) < 4.78 is 11.7. The second kappa shape index (κ2) is 7.29. The van der Waals surface area contributed by atoms with Gasteiger partial charge in [0.1, 0.15) is 18.1 Å². The summed E-state index contributed by atoms with van der Waals surface area (Å²) >= 11 is 6.02. The van der Waals surface area contributed by atoms with Crippen LogP contribution in [-0.2, 0) is 6.61 Å². The first-order valence-electron chi connectivity index (χ1n) is 8.61. The third-order valence-corrected chi connectivity index (χ3v) is 4.57. The van der Waals surface area contributed by atoms with Crippen molar-refractivity contribution in [1.82, 2.24) is 0 Å². The van der Waals surface area contributed by atoms with Crippen molar-refractivity contribution in [3.05, 3.63) is 99.8 Å². The second-order valence-electron chi connectivity index (χ2n) is 6.38. The van der Waals surface area contributed by atoms with E-state index >= 15 is 0 Å². The first-order valence-corrected chi connectivity index (χ1v) is 8.99. The molecule has 3 nitrogen and oxygen atoms in total. The zero-order chi connectivity index (χ0) is 18.8. The number of hydrogen-bond acceptors (Lipinski definition) is 3. The van der Waals surface area contributed by atoms with Crippen LogP contribution < -0.4 is 9.47 Å². The molecular formula is C23H17ClO3. The lowest BCUT2D eigenvalue weighted by molar-refractivity contribution is 0.101. The van der Waals surface area contributed by atoms with E-state index in [0.717, 1.165) is 16.7 Å². The molecule has 134 valence electrons. The Morgan fingerprint density at radius 3 is 2.63 bits per heavy atom. The highest BCUT2D eigenvalue weighted by molar-refractivity contribution is 6.30. The topological polar surface area (TPSA) is 35.5 Å². The van der Waals surface area contributed by atoms with Gasteiger partial charge in [0, 0.05) is 11.1 Å². The Morgan fingerprint density at radius 1 is 1.04 bits per heavy atom. The smallest absolute Gasteiger partial charge is 0.232 e. The van der Waals surface area contributed by atoms with Gasteiger partial charge < -0.3 is 9.47 Å². The Hall–Kier alpha value is -3.04. The van der Waals surface area contributed by atoms with Crippen molar-refractivity contribution in [1.29, 1.82) is 0 Å². The van der Waals surface area contributed by atoms with Crippen molar-refractivity contribution in [3.8, 4) is 11.5 Å². The fourth-order valence-electron chi connectivity index (χ4n) is 3.05. The SMILES string of the molecule is Cc1cc(OCc2ccccc2)cc2c1C(=O)/C(=C/c1cccc(Cl)c1)O2. The summed E-state index contributed by atoms with van der Waals surface area (Å²) in [6.45, 7) is 2.34. The number of ketones is 1. The van der Waals surface area contributed by atoms with Crippen LogP contribution in [0.1, 0.15) is 27.0 Å². The predicted molar refractivity (Wildman–Crippen MR) is 106 cm³/mol. The Kier molecular flexibility index (Phi) is 4.69. The molecule has 0 aliphatic carbocycles. The summed E-state index contributed by atoms with van der Waals surface area (Å²) in [4.78, 5) is 12.7. The summed E-state index contributed by atoms with van der Waals surface area (Å²) in [7, 11) is 0. The normalized spacial score (nSPS) is 14.1. The highest BCUT2D eigenvalue weighted by Crippen LogP contribution is 2.37. The third-order valence-electron chi connectivity index (χ3n) is 4.34. The van der Waals surface area contributed by atoms with E-state index in [1.165, 1.54) is 0 Å². The van der Waals surface area contributed by atoms with Crippen molar-refractivity contribution in [2.45, 2.75) is 13.5 Å². The van der Waals surface area contributed by atoms with Gasteiger partial charge in [-0.15, -0.1) is 0 Å². The van der Waals surface area contributed by atoms with Gasteiger partial charge in [-0.1, -0.05) is 54.1 Å². The van der Waals surface area contributed by atoms with Crippen molar-refractivity contribution >= 4 is 23.5 Å². The zero-order valence-corrected chi connectivity index (χ0v) is 15.5. The van der Waals surface area contributed by atoms with Gasteiger partial charge in [-0.3, -0.25) is 4.79 Å². The summed E-state index contributed by atoms with van der Waals surface area (Å²) in [6.07, 6.45) is 1.71. The number of hydrogen-bond donors (Lipinski definition) is 0. The van der Waals surface area contributed by atoms with Crippen molar-refractivity contribution in [2.75, 3.05) is 0 Å². The van der Waals surface area contributed by atoms with Crippen LogP contribution in [0, 0.1) is 6.92 Å². The van der Waals surface area contributed by atoms with Crippen LogP contribution in [0.15, 0.2) is 72.5 Å². The van der Waals surface area contributed by atoms with E-state index in [2.05, 4.69) is 0 Å². The van der Waals surface area contributed by atoms with E-state index in [9.17, 15) is 4.79 Å². The lowest BCUT2D eigenvalue weighted by atomic mass is 10.0. The molecule has 3 aromatic carbocycles. The molecule has 3 aromatic rings. The minimum atomic E-state index is -0.128. The Bertz CT molecular complexity index is 1040. The molecule has 1 heterocycles. The van der Waals surface area contributed by atoms with E-state index < -0.39 is 0 Å². The monoisotopic (exact) mass is 376 g/mol. The number of rotatable bonds is 4. The average molecular weight is 377 g/mol. The molecule has 0 spiro atoms. The Balaban J connectivity index is 1.58. The van der Waals surface area contributed by atoms with Crippen LogP contribution >= 0.6 is 11.6 Å². The highest BCUT2D eigenvalue weighted by atomic mass is 35.5. The van der Waals surface area contributed by atoms with Gasteiger partial charge >= 0.3 is 0 Å². The van der Waals surface area contributed by atoms with E-state index in [1.807, 2.05) is 55.5 Å². The van der Waals surface area contributed by atoms with Crippen LogP contribution in [0.5, 0.6) is 11.5 Å². The number of fused-ring (bicyclic) bond motifs is 1. The summed E-state index contributed by atoms with van der Waals surface area (Å²) in [6, 6.07) is 20.8. The lowest BCUT2D eigenvalue weighted by Gasteiger charge is -2.09. The quantitative estimate of drug-likeness (QED) is 0.536. The van der Waals surface area contributed by atoms with Gasteiger partial charge in [-0.2, -0.15) is 0 Å². The van der Waals surface area contributed by atoms with Crippen LogP contribution in [0.3, 0.4) is 0 Å². The van der Waals surface area contributed by atoms with Crippen LogP contribution in [0.25, 0.3) is 6.08 Å². The first-order chi connectivity index (χ1) is 13.1. The van der Waals surface area contributed by atoms with E-state index in [4.69, 9.17) is 21.1 Å². The average Bonchev–Trinajstić information content (AvgIpc) is 2.97. The van der Waals surface area contributed by atoms with Crippen LogP contribution in [-0.4, -0.2) is 5.78 Å². The number of aryl methyl sites for hydroxylation is 1. The number of carbonyl (C=O) groups is 1. The number of carbonyl (C=O) groups excluding carboxylic acids is 1. The van der Waals surface area contributed by atoms with Crippen molar-refractivity contribution in [2.24, 2.45) is 0 Å². The molecule has 0 saturated heterocycles. The molecule has 0 amide bonds. The fraction of sp³-hybridized carbons (Fsp3) is 0.0870. The van der Waals surface area contributed by atoms with Crippen LogP contribution in [0.4, 0.5) is 0 Å². The van der Waals surface area contributed by atoms with E-state index in [1.54, 1.807) is 24.3 Å². The molecule has 0 bridgehead atoms. The van der Waals surface area contributed by atoms with Crippen molar-refractivity contribution < 1.29 is 14.3 Å². The molecule has 4 heteroatoms. The Morgan fingerprint density at radius 2 is 1.85 bits per heavy atom. The van der Waals surface area contributed by atoms with Gasteiger partial charge in [0.2, 0.25) is 5.78 Å². The molecule has 1 aliphatic heterocycles. The second-order valence-corrected chi connectivity index (χ2v) is 6.82. The number of allylic oxidation sites excluding steroid dienone is 1. The molecule has 0 fully saturated rings. The zero-order valence-electron chi connectivity index (χ0n) is 14.7. The van der Waals surface area contributed by atoms with E-state index in [-0.39, 0.29) is 11.5 Å². The highest BCUT2D eigenvalue weighted by Gasteiger charge is 2.30. The minimum Gasteiger partial charge on any atom is -0.489 e. The van der Waals surface area contributed by atoms with Crippen molar-refractivity contribution in [3.63, 3.8) is 0 Å². The van der Waals surface area contributed by atoms with Crippen LogP contribution in [0.2, 0.25) is 5.02 Å². The first kappa shape index (κ1) is 17.4. The fourth-order valence-corrected chi connectivity index (χ4v) is 3.25. The molecule has 0 atom stereocenters. The number of benzene rings is 3. The molecule has 0 N–H and O–H groups in total. The van der Waals surface area contributed by atoms with Gasteiger partial charge in [-0.25, -0.2) is 0 Å². The maximum absolute atomic E-state index is 12.7. The lowest BCUT2D eigenvalue weighted by Crippen LogP contribution is -2.00. The van der Waals surface area contributed by atoms with Gasteiger partial charge in [-0.05, 0) is 47.9 Å². The largest absolute Gasteiger partial charge is 0.489 e. The van der Waals surface area contributed by atoms with Gasteiger partial charge in [0.25, 0.3) is 0 Å². The summed E-state index contributed by atoms with van der Waals surface area (Å²) in [5.74, 6) is 1.36. The molecule has 27 heavy (non-hydrogen) atoms.